The van der Waals surface area contributed by atoms with Crippen molar-refractivity contribution >= 4 is 17.0 Å². The van der Waals surface area contributed by atoms with E-state index in [-0.39, 0.29) is 0 Å². The SMILES string of the molecule is c1nc(NCCOC2CCCC2)c2[nH]cnc2n1. The molecule has 6 nitrogen and oxygen atoms in total. The molecule has 0 aliphatic heterocycles. The zero-order valence-corrected chi connectivity index (χ0v) is 10.2. The summed E-state index contributed by atoms with van der Waals surface area (Å²) in [5.74, 6) is 0.785. The Kier molecular flexibility index (Phi) is 3.36. The van der Waals surface area contributed by atoms with Crippen molar-refractivity contribution in [3.05, 3.63) is 12.7 Å². The number of hydrogen-bond acceptors (Lipinski definition) is 5. The molecule has 2 aromatic rings. The van der Waals surface area contributed by atoms with Crippen LogP contribution in [0.4, 0.5) is 5.82 Å². The number of nitrogens with zero attached hydrogens (tertiary/aromatic N) is 3. The van der Waals surface area contributed by atoms with E-state index >= 15 is 0 Å². The Hall–Kier alpha value is -1.69. The first-order chi connectivity index (χ1) is 8.93. The molecule has 1 aliphatic carbocycles. The first kappa shape index (κ1) is 11.4. The predicted octanol–water partition coefficient (Wildman–Crippen LogP) is 1.72. The van der Waals surface area contributed by atoms with Crippen molar-refractivity contribution in [2.75, 3.05) is 18.5 Å². The fourth-order valence-electron chi connectivity index (χ4n) is 2.35. The standard InChI is InChI=1S/C12H17N5O/c1-2-4-9(3-1)18-6-5-13-11-10-12(15-7-14-10)17-8-16-11/h7-9H,1-6H2,(H2,13,14,15,16,17). The van der Waals surface area contributed by atoms with Crippen LogP contribution in [0.25, 0.3) is 11.2 Å². The van der Waals surface area contributed by atoms with Crippen LogP contribution >= 0.6 is 0 Å². The minimum absolute atomic E-state index is 0.462. The highest BCUT2D eigenvalue weighted by Gasteiger charge is 2.14. The van der Waals surface area contributed by atoms with E-state index in [2.05, 4.69) is 25.3 Å². The van der Waals surface area contributed by atoms with E-state index in [0.29, 0.717) is 18.4 Å². The number of nitrogens with one attached hydrogen (secondary N) is 2. The van der Waals surface area contributed by atoms with Crippen LogP contribution in [0.2, 0.25) is 0 Å². The minimum atomic E-state index is 0.462. The number of hydrogen-bond donors (Lipinski definition) is 2. The van der Waals surface area contributed by atoms with E-state index in [4.69, 9.17) is 4.74 Å². The van der Waals surface area contributed by atoms with Gasteiger partial charge in [0.1, 0.15) is 11.8 Å². The highest BCUT2D eigenvalue weighted by Crippen LogP contribution is 2.20. The third kappa shape index (κ3) is 2.43. The van der Waals surface area contributed by atoms with Crippen molar-refractivity contribution in [3.8, 4) is 0 Å². The predicted molar refractivity (Wildman–Crippen MR) is 68.4 cm³/mol. The zero-order valence-electron chi connectivity index (χ0n) is 10.2. The molecule has 18 heavy (non-hydrogen) atoms. The van der Waals surface area contributed by atoms with Crippen LogP contribution in [0.5, 0.6) is 0 Å². The Labute approximate surface area is 105 Å². The van der Waals surface area contributed by atoms with Crippen LogP contribution in [0, 0.1) is 0 Å². The quantitative estimate of drug-likeness (QED) is 0.787. The molecule has 1 fully saturated rings. The Balaban J connectivity index is 1.51. The monoisotopic (exact) mass is 247 g/mol. The molecule has 0 unspecified atom stereocenters. The molecule has 1 aliphatic rings. The third-order valence-electron chi connectivity index (χ3n) is 3.27. The average molecular weight is 247 g/mol. The lowest BCUT2D eigenvalue weighted by Crippen LogP contribution is -2.16. The van der Waals surface area contributed by atoms with Crippen LogP contribution in [-0.2, 0) is 4.74 Å². The lowest BCUT2D eigenvalue weighted by atomic mass is 10.3. The van der Waals surface area contributed by atoms with Crippen LogP contribution in [0.3, 0.4) is 0 Å². The van der Waals surface area contributed by atoms with Crippen molar-refractivity contribution < 1.29 is 4.74 Å². The number of H-pyrrole nitrogens is 1. The highest BCUT2D eigenvalue weighted by molar-refractivity contribution is 5.81. The van der Waals surface area contributed by atoms with Crippen LogP contribution in [0.15, 0.2) is 12.7 Å². The van der Waals surface area contributed by atoms with Gasteiger partial charge in [0, 0.05) is 6.54 Å². The number of fused-ring (bicyclic) bond motifs is 1. The maximum atomic E-state index is 5.79. The molecule has 0 bridgehead atoms. The van der Waals surface area contributed by atoms with Crippen molar-refractivity contribution in [2.24, 2.45) is 0 Å². The van der Waals surface area contributed by atoms with Gasteiger partial charge in [-0.05, 0) is 12.8 Å². The van der Waals surface area contributed by atoms with Gasteiger partial charge in [0.15, 0.2) is 11.5 Å². The number of ether oxygens (including phenoxy) is 1. The van der Waals surface area contributed by atoms with Crippen molar-refractivity contribution in [1.29, 1.82) is 0 Å². The van der Waals surface area contributed by atoms with Gasteiger partial charge in [0.25, 0.3) is 0 Å². The molecule has 0 amide bonds. The van der Waals surface area contributed by atoms with Crippen LogP contribution < -0.4 is 5.32 Å². The summed E-state index contributed by atoms with van der Waals surface area (Å²) in [4.78, 5) is 15.4. The molecule has 0 atom stereocenters. The van der Waals surface area contributed by atoms with Gasteiger partial charge < -0.3 is 15.0 Å². The minimum Gasteiger partial charge on any atom is -0.376 e. The summed E-state index contributed by atoms with van der Waals surface area (Å²) in [6.07, 6.45) is 8.63. The first-order valence-electron chi connectivity index (χ1n) is 6.43. The van der Waals surface area contributed by atoms with Gasteiger partial charge in [-0.3, -0.25) is 0 Å². The van der Waals surface area contributed by atoms with E-state index in [1.54, 1.807) is 6.33 Å². The number of aromatic amines is 1. The molecular weight excluding hydrogens is 230 g/mol. The second-order valence-corrected chi connectivity index (χ2v) is 4.53. The molecule has 0 radical (unpaired) electrons. The van der Waals surface area contributed by atoms with Gasteiger partial charge in [-0.2, -0.15) is 0 Å². The van der Waals surface area contributed by atoms with Gasteiger partial charge in [-0.1, -0.05) is 12.8 Å². The molecular formula is C12H17N5O. The van der Waals surface area contributed by atoms with Gasteiger partial charge in [0.05, 0.1) is 19.0 Å². The largest absolute Gasteiger partial charge is 0.376 e. The van der Waals surface area contributed by atoms with E-state index in [0.717, 1.165) is 17.9 Å². The number of rotatable bonds is 5. The average Bonchev–Trinajstić information content (AvgIpc) is 3.05. The van der Waals surface area contributed by atoms with Crippen molar-refractivity contribution in [3.63, 3.8) is 0 Å². The molecule has 2 N–H and O–H groups in total. The fourth-order valence-corrected chi connectivity index (χ4v) is 2.35. The molecule has 2 aromatic heterocycles. The normalized spacial score (nSPS) is 16.4. The summed E-state index contributed by atoms with van der Waals surface area (Å²) >= 11 is 0. The Morgan fingerprint density at radius 3 is 3.06 bits per heavy atom. The lowest BCUT2D eigenvalue weighted by molar-refractivity contribution is 0.0659. The smallest absolute Gasteiger partial charge is 0.182 e. The van der Waals surface area contributed by atoms with Gasteiger partial charge in [0.2, 0.25) is 0 Å². The Morgan fingerprint density at radius 1 is 1.28 bits per heavy atom. The highest BCUT2D eigenvalue weighted by atomic mass is 16.5. The molecule has 0 spiro atoms. The summed E-state index contributed by atoms with van der Waals surface area (Å²) in [5.41, 5.74) is 1.53. The third-order valence-corrected chi connectivity index (χ3v) is 3.27. The number of anilines is 1. The lowest BCUT2D eigenvalue weighted by Gasteiger charge is -2.11. The van der Waals surface area contributed by atoms with Crippen molar-refractivity contribution in [1.82, 2.24) is 19.9 Å². The van der Waals surface area contributed by atoms with Gasteiger partial charge >= 0.3 is 0 Å². The van der Waals surface area contributed by atoms with E-state index in [9.17, 15) is 0 Å². The molecule has 6 heteroatoms. The first-order valence-corrected chi connectivity index (χ1v) is 6.43. The number of imidazole rings is 1. The van der Waals surface area contributed by atoms with Crippen LogP contribution in [0.1, 0.15) is 25.7 Å². The van der Waals surface area contributed by atoms with Crippen LogP contribution in [-0.4, -0.2) is 39.2 Å². The van der Waals surface area contributed by atoms with E-state index in [1.807, 2.05) is 0 Å². The molecule has 3 rings (SSSR count). The number of aromatic nitrogens is 4. The van der Waals surface area contributed by atoms with E-state index < -0.39 is 0 Å². The van der Waals surface area contributed by atoms with E-state index in [1.165, 1.54) is 32.0 Å². The summed E-state index contributed by atoms with van der Waals surface area (Å²) < 4.78 is 5.79. The summed E-state index contributed by atoms with van der Waals surface area (Å²) in [5, 5.41) is 3.25. The molecule has 0 aromatic carbocycles. The molecule has 0 saturated heterocycles. The van der Waals surface area contributed by atoms with Crippen molar-refractivity contribution in [2.45, 2.75) is 31.8 Å². The second kappa shape index (κ2) is 5.30. The maximum Gasteiger partial charge on any atom is 0.182 e. The topological polar surface area (TPSA) is 75.7 Å². The van der Waals surface area contributed by atoms with Gasteiger partial charge in [-0.15, -0.1) is 0 Å². The summed E-state index contributed by atoms with van der Waals surface area (Å²) in [7, 11) is 0. The second-order valence-electron chi connectivity index (χ2n) is 4.53. The fraction of sp³-hybridized carbons (Fsp3) is 0.583. The van der Waals surface area contributed by atoms with Gasteiger partial charge in [-0.25, -0.2) is 15.0 Å². The maximum absolute atomic E-state index is 5.79. The summed E-state index contributed by atoms with van der Waals surface area (Å²) in [6, 6.07) is 0. The molecule has 1 saturated carbocycles. The molecule has 2 heterocycles. The summed E-state index contributed by atoms with van der Waals surface area (Å²) in [6.45, 7) is 1.46. The zero-order chi connectivity index (χ0) is 12.2. The molecule has 96 valence electrons. The Bertz CT molecular complexity index is 506. The Morgan fingerprint density at radius 2 is 2.17 bits per heavy atom.